The smallest absolute Gasteiger partial charge is 0.341 e. The van der Waals surface area contributed by atoms with Gasteiger partial charge < -0.3 is 9.47 Å². The van der Waals surface area contributed by atoms with Crippen molar-refractivity contribution >= 4 is 11.8 Å². The molecule has 0 aliphatic heterocycles. The second-order valence-electron chi connectivity index (χ2n) is 3.67. The maximum Gasteiger partial charge on any atom is 0.341 e. The Morgan fingerprint density at radius 1 is 1.29 bits per heavy atom. The summed E-state index contributed by atoms with van der Waals surface area (Å²) in [6.07, 6.45) is 3.97. The maximum absolute atomic E-state index is 11.7. The average molecular weight is 232 g/mol. The molecule has 0 saturated carbocycles. The summed E-state index contributed by atoms with van der Waals surface area (Å²) >= 11 is 0. The number of methoxy groups -OCH3 is 2. The lowest BCUT2D eigenvalue weighted by molar-refractivity contribution is 0.0597. The van der Waals surface area contributed by atoms with Crippen molar-refractivity contribution in [3.8, 4) is 5.75 Å². The van der Waals surface area contributed by atoms with E-state index in [-0.39, 0.29) is 11.3 Å². The molecule has 0 atom stereocenters. The first-order valence-corrected chi connectivity index (χ1v) is 5.17. The first kappa shape index (κ1) is 11.4. The lowest BCUT2D eigenvalue weighted by atomic mass is 9.93. The Bertz CT molecular complexity index is 514. The van der Waals surface area contributed by atoms with Gasteiger partial charge in [-0.2, -0.15) is 0 Å². The van der Waals surface area contributed by atoms with E-state index in [1.54, 1.807) is 12.1 Å². The molecule has 0 unspecified atom stereocenters. The minimum Gasteiger partial charge on any atom is -0.496 e. The molecule has 4 nitrogen and oxygen atoms in total. The van der Waals surface area contributed by atoms with E-state index in [1.807, 2.05) is 0 Å². The SMILES string of the molecule is COC(=O)c1cc2c(cc1OC)CC=CC2=O. The van der Waals surface area contributed by atoms with E-state index in [0.717, 1.165) is 5.56 Å². The first-order valence-electron chi connectivity index (χ1n) is 5.17. The second kappa shape index (κ2) is 4.41. The number of hydrogen-bond donors (Lipinski definition) is 0. The molecule has 0 saturated heterocycles. The molecule has 4 heteroatoms. The standard InChI is InChI=1S/C13H12O4/c1-16-12-6-8-4-3-5-11(14)9(8)7-10(12)13(15)17-2/h3,5-7H,4H2,1-2H3. The molecule has 0 radical (unpaired) electrons. The number of benzene rings is 1. The van der Waals surface area contributed by atoms with Gasteiger partial charge in [-0.15, -0.1) is 0 Å². The molecule has 88 valence electrons. The minimum atomic E-state index is -0.507. The van der Waals surface area contributed by atoms with Crippen LogP contribution >= 0.6 is 0 Å². The molecule has 1 aromatic carbocycles. The Hall–Kier alpha value is -2.10. The quantitative estimate of drug-likeness (QED) is 0.729. The highest BCUT2D eigenvalue weighted by molar-refractivity contribution is 6.08. The topological polar surface area (TPSA) is 52.6 Å². The molecule has 0 spiro atoms. The molecule has 0 aromatic heterocycles. The molecule has 1 aliphatic rings. The van der Waals surface area contributed by atoms with Crippen LogP contribution in [-0.2, 0) is 11.2 Å². The predicted octanol–water partition coefficient (Wildman–Crippen LogP) is 1.78. The molecular formula is C13H12O4. The van der Waals surface area contributed by atoms with Crippen LogP contribution in [0.1, 0.15) is 26.3 Å². The van der Waals surface area contributed by atoms with Gasteiger partial charge in [0.15, 0.2) is 5.78 Å². The van der Waals surface area contributed by atoms with E-state index in [0.29, 0.717) is 17.7 Å². The number of hydrogen-bond acceptors (Lipinski definition) is 4. The van der Waals surface area contributed by atoms with Gasteiger partial charge in [-0.1, -0.05) is 6.08 Å². The van der Waals surface area contributed by atoms with Crippen LogP contribution in [0.2, 0.25) is 0 Å². The third-order valence-corrected chi connectivity index (χ3v) is 2.70. The molecule has 0 bridgehead atoms. The summed E-state index contributed by atoms with van der Waals surface area (Å²) in [5.41, 5.74) is 1.67. The van der Waals surface area contributed by atoms with Crippen molar-refractivity contribution in [3.63, 3.8) is 0 Å². The number of rotatable bonds is 2. The number of allylic oxidation sites excluding steroid dienone is 2. The monoisotopic (exact) mass is 232 g/mol. The zero-order valence-electron chi connectivity index (χ0n) is 9.65. The zero-order valence-corrected chi connectivity index (χ0v) is 9.65. The number of ether oxygens (including phenoxy) is 2. The van der Waals surface area contributed by atoms with Gasteiger partial charge in [0.1, 0.15) is 11.3 Å². The lowest BCUT2D eigenvalue weighted by Crippen LogP contribution is -2.11. The van der Waals surface area contributed by atoms with Crippen LogP contribution in [0.25, 0.3) is 0 Å². The number of carbonyl (C=O) groups is 2. The summed E-state index contributed by atoms with van der Waals surface area (Å²) in [5, 5.41) is 0. The van der Waals surface area contributed by atoms with E-state index in [2.05, 4.69) is 4.74 Å². The zero-order chi connectivity index (χ0) is 12.4. The summed E-state index contributed by atoms with van der Waals surface area (Å²) in [7, 11) is 2.78. The van der Waals surface area contributed by atoms with Crippen molar-refractivity contribution in [3.05, 3.63) is 41.0 Å². The Morgan fingerprint density at radius 2 is 2.06 bits per heavy atom. The Labute approximate surface area is 98.8 Å². The maximum atomic E-state index is 11.7. The molecular weight excluding hydrogens is 220 g/mol. The van der Waals surface area contributed by atoms with Crippen LogP contribution in [-0.4, -0.2) is 26.0 Å². The fraction of sp³-hybridized carbons (Fsp3) is 0.231. The van der Waals surface area contributed by atoms with Crippen molar-refractivity contribution in [1.82, 2.24) is 0 Å². The lowest BCUT2D eigenvalue weighted by Gasteiger charge is -2.14. The highest BCUT2D eigenvalue weighted by Crippen LogP contribution is 2.27. The molecule has 0 amide bonds. The summed E-state index contributed by atoms with van der Waals surface area (Å²) in [4.78, 5) is 23.2. The van der Waals surface area contributed by atoms with Gasteiger partial charge in [-0.25, -0.2) is 4.79 Å². The third kappa shape index (κ3) is 1.93. The molecule has 17 heavy (non-hydrogen) atoms. The van der Waals surface area contributed by atoms with E-state index in [1.165, 1.54) is 26.4 Å². The fourth-order valence-electron chi connectivity index (χ4n) is 1.84. The van der Waals surface area contributed by atoms with Crippen molar-refractivity contribution in [2.75, 3.05) is 14.2 Å². The van der Waals surface area contributed by atoms with Crippen molar-refractivity contribution < 1.29 is 19.1 Å². The summed E-state index contributed by atoms with van der Waals surface area (Å²) in [5.74, 6) is -0.176. The van der Waals surface area contributed by atoms with Crippen LogP contribution < -0.4 is 4.74 Å². The van der Waals surface area contributed by atoms with Gasteiger partial charge in [0.25, 0.3) is 0 Å². The van der Waals surface area contributed by atoms with Crippen molar-refractivity contribution in [1.29, 1.82) is 0 Å². The number of ketones is 1. The van der Waals surface area contributed by atoms with Crippen LogP contribution in [0, 0.1) is 0 Å². The van der Waals surface area contributed by atoms with Crippen molar-refractivity contribution in [2.24, 2.45) is 0 Å². The molecule has 0 heterocycles. The van der Waals surface area contributed by atoms with E-state index >= 15 is 0 Å². The Kier molecular flexibility index (Phi) is 2.95. The highest BCUT2D eigenvalue weighted by Gasteiger charge is 2.20. The minimum absolute atomic E-state index is 0.0981. The fourth-order valence-corrected chi connectivity index (χ4v) is 1.84. The molecule has 0 N–H and O–H groups in total. The van der Waals surface area contributed by atoms with Gasteiger partial charge in [-0.05, 0) is 30.2 Å². The van der Waals surface area contributed by atoms with Crippen molar-refractivity contribution in [2.45, 2.75) is 6.42 Å². The van der Waals surface area contributed by atoms with Crippen LogP contribution in [0.3, 0.4) is 0 Å². The van der Waals surface area contributed by atoms with Crippen LogP contribution in [0.4, 0.5) is 0 Å². The predicted molar refractivity (Wildman–Crippen MR) is 61.5 cm³/mol. The summed E-state index contributed by atoms with van der Waals surface area (Å²) in [6.45, 7) is 0. The summed E-state index contributed by atoms with van der Waals surface area (Å²) in [6, 6.07) is 3.24. The van der Waals surface area contributed by atoms with Gasteiger partial charge in [0.05, 0.1) is 14.2 Å². The Morgan fingerprint density at radius 3 is 2.71 bits per heavy atom. The summed E-state index contributed by atoms with van der Waals surface area (Å²) < 4.78 is 9.79. The largest absolute Gasteiger partial charge is 0.496 e. The second-order valence-corrected chi connectivity index (χ2v) is 3.67. The molecule has 1 aliphatic carbocycles. The van der Waals surface area contributed by atoms with Crippen LogP contribution in [0.15, 0.2) is 24.3 Å². The molecule has 1 aromatic rings. The van der Waals surface area contributed by atoms with Gasteiger partial charge in [-0.3, -0.25) is 4.79 Å². The normalized spacial score (nSPS) is 13.2. The van der Waals surface area contributed by atoms with E-state index in [4.69, 9.17) is 4.74 Å². The molecule has 0 fully saturated rings. The number of carbonyl (C=O) groups excluding carboxylic acids is 2. The number of fused-ring (bicyclic) bond motifs is 1. The Balaban J connectivity index is 2.58. The van der Waals surface area contributed by atoms with E-state index in [9.17, 15) is 9.59 Å². The van der Waals surface area contributed by atoms with E-state index < -0.39 is 5.97 Å². The van der Waals surface area contributed by atoms with Crippen LogP contribution in [0.5, 0.6) is 5.75 Å². The number of esters is 1. The highest BCUT2D eigenvalue weighted by atomic mass is 16.5. The van der Waals surface area contributed by atoms with Gasteiger partial charge in [0.2, 0.25) is 0 Å². The molecule has 2 rings (SSSR count). The first-order chi connectivity index (χ1) is 8.17. The average Bonchev–Trinajstić information content (AvgIpc) is 2.37. The third-order valence-electron chi connectivity index (χ3n) is 2.70. The van der Waals surface area contributed by atoms with Gasteiger partial charge in [0, 0.05) is 5.56 Å². The van der Waals surface area contributed by atoms with Gasteiger partial charge >= 0.3 is 5.97 Å².